The molecule has 0 unspecified atom stereocenters. The standard InChI is InChI=1S/C18H27NO5.C4H10/c1-3-4-5-6-7-8-18(22)24-13-17(21)19-12-14-9-10-15(20)16(11-14)23-2;1-3-4-2/h9-11,20H,3-8,12-13H2,1-2H3,(H,19,21);3-4H2,1-2H3. The maximum atomic E-state index is 11.7. The number of nitrogens with one attached hydrogen (secondary N) is 1. The molecule has 0 fully saturated rings. The normalized spacial score (nSPS) is 9.86. The predicted molar refractivity (Wildman–Crippen MR) is 111 cm³/mol. The van der Waals surface area contributed by atoms with E-state index in [1.54, 1.807) is 12.1 Å². The molecule has 1 aromatic rings. The van der Waals surface area contributed by atoms with Gasteiger partial charge in [-0.2, -0.15) is 0 Å². The van der Waals surface area contributed by atoms with Crippen molar-refractivity contribution in [1.82, 2.24) is 5.32 Å². The van der Waals surface area contributed by atoms with Crippen LogP contribution in [0.5, 0.6) is 11.5 Å². The van der Waals surface area contributed by atoms with E-state index in [0.29, 0.717) is 12.2 Å². The molecule has 6 heteroatoms. The van der Waals surface area contributed by atoms with Crippen LogP contribution in [0.3, 0.4) is 0 Å². The van der Waals surface area contributed by atoms with Gasteiger partial charge in [-0.3, -0.25) is 9.59 Å². The van der Waals surface area contributed by atoms with Crippen molar-refractivity contribution < 1.29 is 24.2 Å². The lowest BCUT2D eigenvalue weighted by molar-refractivity contribution is -0.148. The highest BCUT2D eigenvalue weighted by Gasteiger charge is 2.08. The van der Waals surface area contributed by atoms with Gasteiger partial charge in [0, 0.05) is 13.0 Å². The van der Waals surface area contributed by atoms with E-state index in [4.69, 9.17) is 9.47 Å². The van der Waals surface area contributed by atoms with Gasteiger partial charge in [0.2, 0.25) is 0 Å². The molecule has 160 valence electrons. The van der Waals surface area contributed by atoms with Crippen LogP contribution in [-0.4, -0.2) is 30.7 Å². The number of aromatic hydroxyl groups is 1. The Morgan fingerprint density at radius 1 is 1.00 bits per heavy atom. The number of hydrogen-bond acceptors (Lipinski definition) is 5. The van der Waals surface area contributed by atoms with Gasteiger partial charge in [0.05, 0.1) is 7.11 Å². The minimum atomic E-state index is -0.360. The molecule has 1 aromatic carbocycles. The average Bonchev–Trinajstić information content (AvgIpc) is 2.71. The van der Waals surface area contributed by atoms with E-state index in [1.165, 1.54) is 32.4 Å². The van der Waals surface area contributed by atoms with Crippen molar-refractivity contribution in [3.8, 4) is 11.5 Å². The van der Waals surface area contributed by atoms with Crippen LogP contribution in [0.25, 0.3) is 0 Å². The van der Waals surface area contributed by atoms with Crippen LogP contribution in [-0.2, 0) is 20.9 Å². The Morgan fingerprint density at radius 3 is 2.29 bits per heavy atom. The zero-order chi connectivity index (χ0) is 21.2. The van der Waals surface area contributed by atoms with Gasteiger partial charge in [-0.05, 0) is 24.1 Å². The Bertz CT molecular complexity index is 558. The van der Waals surface area contributed by atoms with Crippen molar-refractivity contribution in [3.63, 3.8) is 0 Å². The molecule has 0 saturated heterocycles. The first-order valence-corrected chi connectivity index (χ1v) is 10.3. The number of esters is 1. The first-order valence-electron chi connectivity index (χ1n) is 10.3. The summed E-state index contributed by atoms with van der Waals surface area (Å²) in [7, 11) is 1.46. The Kier molecular flexibility index (Phi) is 15.5. The molecule has 0 saturated carbocycles. The second-order valence-electron chi connectivity index (χ2n) is 6.61. The van der Waals surface area contributed by atoms with Crippen molar-refractivity contribution in [2.45, 2.75) is 78.7 Å². The zero-order valence-corrected chi connectivity index (χ0v) is 17.9. The van der Waals surface area contributed by atoms with Crippen molar-refractivity contribution in [3.05, 3.63) is 23.8 Å². The van der Waals surface area contributed by atoms with Crippen LogP contribution in [0, 0.1) is 0 Å². The SMILES string of the molecule is CCCC.CCCCCCCC(=O)OCC(=O)NCc1ccc(O)c(OC)c1. The van der Waals surface area contributed by atoms with Crippen molar-refractivity contribution in [2.24, 2.45) is 0 Å². The van der Waals surface area contributed by atoms with Gasteiger partial charge < -0.3 is 19.9 Å². The molecular formula is C22H37NO5. The summed E-state index contributed by atoms with van der Waals surface area (Å²) in [4.78, 5) is 23.2. The summed E-state index contributed by atoms with van der Waals surface area (Å²) in [5, 5.41) is 12.2. The minimum absolute atomic E-state index is 0.0421. The number of benzene rings is 1. The maximum absolute atomic E-state index is 11.7. The Hall–Kier alpha value is -2.24. The first kappa shape index (κ1) is 25.8. The number of ether oxygens (including phenoxy) is 2. The number of rotatable bonds is 12. The lowest BCUT2D eigenvalue weighted by Crippen LogP contribution is -2.28. The summed E-state index contributed by atoms with van der Waals surface area (Å²) in [6, 6.07) is 4.82. The van der Waals surface area contributed by atoms with Crippen molar-refractivity contribution in [2.75, 3.05) is 13.7 Å². The highest BCUT2D eigenvalue weighted by molar-refractivity contribution is 5.80. The molecule has 2 N–H and O–H groups in total. The molecule has 0 aliphatic carbocycles. The van der Waals surface area contributed by atoms with Crippen LogP contribution in [0.1, 0.15) is 77.7 Å². The van der Waals surface area contributed by atoms with E-state index in [0.717, 1.165) is 31.2 Å². The summed E-state index contributed by atoms with van der Waals surface area (Å²) in [5.74, 6) is -0.314. The largest absolute Gasteiger partial charge is 0.504 e. The summed E-state index contributed by atoms with van der Waals surface area (Å²) in [5.41, 5.74) is 0.778. The lowest BCUT2D eigenvalue weighted by atomic mass is 10.1. The number of carbonyl (C=O) groups excluding carboxylic acids is 2. The predicted octanol–water partition coefficient (Wildman–Crippen LogP) is 4.73. The molecule has 0 heterocycles. The van der Waals surface area contributed by atoms with Crippen LogP contribution in [0.2, 0.25) is 0 Å². The molecule has 0 aromatic heterocycles. The monoisotopic (exact) mass is 395 g/mol. The van der Waals surface area contributed by atoms with Crippen LogP contribution >= 0.6 is 0 Å². The number of phenols is 1. The van der Waals surface area contributed by atoms with E-state index in [2.05, 4.69) is 26.1 Å². The van der Waals surface area contributed by atoms with Crippen LogP contribution in [0.4, 0.5) is 0 Å². The molecule has 6 nitrogen and oxygen atoms in total. The first-order chi connectivity index (χ1) is 13.5. The molecule has 1 rings (SSSR count). The van der Waals surface area contributed by atoms with Gasteiger partial charge in [-0.15, -0.1) is 0 Å². The van der Waals surface area contributed by atoms with Crippen molar-refractivity contribution in [1.29, 1.82) is 0 Å². The second-order valence-corrected chi connectivity index (χ2v) is 6.61. The summed E-state index contributed by atoms with van der Waals surface area (Å²) in [6.07, 6.45) is 8.27. The smallest absolute Gasteiger partial charge is 0.306 e. The van der Waals surface area contributed by atoms with Gasteiger partial charge in [0.1, 0.15) is 0 Å². The quantitative estimate of drug-likeness (QED) is 0.395. The van der Waals surface area contributed by atoms with Gasteiger partial charge in [0.15, 0.2) is 18.1 Å². The molecular weight excluding hydrogens is 358 g/mol. The maximum Gasteiger partial charge on any atom is 0.306 e. The van der Waals surface area contributed by atoms with Gasteiger partial charge >= 0.3 is 5.97 Å². The number of hydrogen-bond donors (Lipinski definition) is 2. The van der Waals surface area contributed by atoms with E-state index < -0.39 is 0 Å². The van der Waals surface area contributed by atoms with Gasteiger partial charge in [-0.1, -0.05) is 65.4 Å². The molecule has 0 radical (unpaired) electrons. The number of unbranched alkanes of at least 4 members (excludes halogenated alkanes) is 5. The van der Waals surface area contributed by atoms with Gasteiger partial charge in [0.25, 0.3) is 5.91 Å². The summed E-state index contributed by atoms with van der Waals surface area (Å²) >= 11 is 0. The molecule has 0 atom stereocenters. The number of carbonyl (C=O) groups is 2. The summed E-state index contributed by atoms with van der Waals surface area (Å²) < 4.78 is 9.95. The third-order valence-electron chi connectivity index (χ3n) is 4.08. The van der Waals surface area contributed by atoms with E-state index in [9.17, 15) is 14.7 Å². The molecule has 28 heavy (non-hydrogen) atoms. The number of methoxy groups -OCH3 is 1. The number of phenolic OH excluding ortho intramolecular Hbond substituents is 1. The second kappa shape index (κ2) is 16.9. The summed E-state index contributed by atoms with van der Waals surface area (Å²) in [6.45, 7) is 6.49. The van der Waals surface area contributed by atoms with E-state index in [1.807, 2.05) is 0 Å². The third kappa shape index (κ3) is 13.0. The Morgan fingerprint density at radius 2 is 1.68 bits per heavy atom. The fourth-order valence-corrected chi connectivity index (χ4v) is 2.17. The molecule has 1 amide bonds. The fourth-order valence-electron chi connectivity index (χ4n) is 2.17. The molecule has 0 bridgehead atoms. The highest BCUT2D eigenvalue weighted by Crippen LogP contribution is 2.26. The lowest BCUT2D eigenvalue weighted by Gasteiger charge is -2.09. The third-order valence-corrected chi connectivity index (χ3v) is 4.08. The topological polar surface area (TPSA) is 84.9 Å². The fraction of sp³-hybridized carbons (Fsp3) is 0.636. The molecule has 0 aliphatic rings. The molecule has 0 spiro atoms. The van der Waals surface area contributed by atoms with E-state index in [-0.39, 0.29) is 30.8 Å². The Balaban J connectivity index is 0.00000165. The van der Waals surface area contributed by atoms with Crippen molar-refractivity contribution >= 4 is 11.9 Å². The number of amides is 1. The van der Waals surface area contributed by atoms with E-state index >= 15 is 0 Å². The zero-order valence-electron chi connectivity index (χ0n) is 17.9. The van der Waals surface area contributed by atoms with Crippen LogP contribution in [0.15, 0.2) is 18.2 Å². The Labute approximate surface area is 169 Å². The minimum Gasteiger partial charge on any atom is -0.504 e. The average molecular weight is 396 g/mol. The van der Waals surface area contributed by atoms with Crippen LogP contribution < -0.4 is 10.1 Å². The van der Waals surface area contributed by atoms with Gasteiger partial charge in [-0.25, -0.2) is 0 Å². The molecule has 0 aliphatic heterocycles. The highest BCUT2D eigenvalue weighted by atomic mass is 16.5.